The highest BCUT2D eigenvalue weighted by Gasteiger charge is 2.50. The molecule has 146 valence electrons. The summed E-state index contributed by atoms with van der Waals surface area (Å²) in [6, 6.07) is 5.93. The van der Waals surface area contributed by atoms with Crippen molar-refractivity contribution in [2.24, 2.45) is 4.99 Å². The van der Waals surface area contributed by atoms with E-state index in [1.807, 2.05) is 31.2 Å². The molecule has 1 aromatic heterocycles. The molecule has 3 unspecified atom stereocenters. The minimum Gasteiger partial charge on any atom is -0.335 e. The number of likely N-dealkylation sites (N-methyl/N-ethyl adjacent to an activating group) is 2. The summed E-state index contributed by atoms with van der Waals surface area (Å²) >= 11 is 1.40. The van der Waals surface area contributed by atoms with Gasteiger partial charge in [0.05, 0.1) is 16.6 Å². The van der Waals surface area contributed by atoms with Gasteiger partial charge >= 0.3 is 6.03 Å². The van der Waals surface area contributed by atoms with Gasteiger partial charge in [0.15, 0.2) is 17.3 Å². The Morgan fingerprint density at radius 1 is 1.29 bits per heavy atom. The van der Waals surface area contributed by atoms with Crippen molar-refractivity contribution in [1.82, 2.24) is 19.7 Å². The number of hydrogen-bond acceptors (Lipinski definition) is 7. The molecule has 2 aliphatic heterocycles. The van der Waals surface area contributed by atoms with Crippen LogP contribution in [0.1, 0.15) is 13.3 Å². The number of thiazole rings is 1. The molecule has 10 heteroatoms. The highest BCUT2D eigenvalue weighted by atomic mass is 32.1. The number of carbonyl (C=O) groups is 3. The predicted octanol–water partition coefficient (Wildman–Crippen LogP) is 1.58. The third-order valence-corrected chi connectivity index (χ3v) is 6.05. The monoisotopic (exact) mass is 400 g/mol. The maximum Gasteiger partial charge on any atom is 0.328 e. The lowest BCUT2D eigenvalue weighted by atomic mass is 10.1. The Kier molecular flexibility index (Phi) is 4.50. The molecule has 4 rings (SSSR count). The smallest absolute Gasteiger partial charge is 0.328 e. The number of aromatic nitrogens is 1. The molecule has 1 saturated heterocycles. The maximum atomic E-state index is 13.0. The fourth-order valence-electron chi connectivity index (χ4n) is 3.58. The SMILES string of the molecule is CCC(C(=O)Nc1nc2ccccc2s1)N1C=NC2C1C(=O)N(C)C(=O)N2C. The van der Waals surface area contributed by atoms with E-state index in [-0.39, 0.29) is 11.8 Å². The summed E-state index contributed by atoms with van der Waals surface area (Å²) in [5, 5.41) is 3.37. The number of carbonyl (C=O) groups excluding carboxylic acids is 3. The van der Waals surface area contributed by atoms with Crippen LogP contribution in [0.5, 0.6) is 0 Å². The summed E-state index contributed by atoms with van der Waals surface area (Å²) in [7, 11) is 3.04. The Morgan fingerprint density at radius 3 is 2.75 bits per heavy atom. The summed E-state index contributed by atoms with van der Waals surface area (Å²) < 4.78 is 0.984. The molecule has 0 aliphatic carbocycles. The number of imide groups is 1. The highest BCUT2D eigenvalue weighted by Crippen LogP contribution is 2.29. The lowest BCUT2D eigenvalue weighted by Crippen LogP contribution is -2.65. The number of hydrogen-bond donors (Lipinski definition) is 1. The Hall–Kier alpha value is -3.01. The van der Waals surface area contributed by atoms with Crippen molar-refractivity contribution in [2.75, 3.05) is 19.4 Å². The number of fused-ring (bicyclic) bond motifs is 2. The molecule has 4 amide bonds. The number of para-hydroxylation sites is 1. The Morgan fingerprint density at radius 2 is 2.04 bits per heavy atom. The van der Waals surface area contributed by atoms with Gasteiger partial charge in [0.2, 0.25) is 5.91 Å². The average Bonchev–Trinajstić information content (AvgIpc) is 3.29. The fourth-order valence-corrected chi connectivity index (χ4v) is 4.45. The number of benzene rings is 1. The third kappa shape index (κ3) is 2.80. The van der Waals surface area contributed by atoms with Crippen molar-refractivity contribution in [3.8, 4) is 0 Å². The number of aliphatic imine (C=N–C) groups is 1. The van der Waals surface area contributed by atoms with Crippen LogP contribution in [0.4, 0.5) is 9.93 Å². The Labute approximate surface area is 165 Å². The van der Waals surface area contributed by atoms with E-state index in [4.69, 9.17) is 0 Å². The number of rotatable bonds is 4. The number of nitrogens with zero attached hydrogens (tertiary/aromatic N) is 5. The number of amides is 4. The molecule has 3 atom stereocenters. The van der Waals surface area contributed by atoms with Crippen LogP contribution in [0.2, 0.25) is 0 Å². The molecule has 2 aliphatic rings. The first-order valence-electron chi connectivity index (χ1n) is 8.94. The summed E-state index contributed by atoms with van der Waals surface area (Å²) in [5.41, 5.74) is 0.822. The molecule has 0 spiro atoms. The number of urea groups is 1. The van der Waals surface area contributed by atoms with Crippen LogP contribution in [0.15, 0.2) is 29.3 Å². The minimum atomic E-state index is -0.709. The van der Waals surface area contributed by atoms with Crippen molar-refractivity contribution < 1.29 is 14.4 Å². The van der Waals surface area contributed by atoms with Crippen LogP contribution < -0.4 is 5.32 Å². The van der Waals surface area contributed by atoms with Crippen LogP contribution in [0.3, 0.4) is 0 Å². The molecule has 1 N–H and O–H groups in total. The summed E-state index contributed by atoms with van der Waals surface area (Å²) in [6.07, 6.45) is 1.35. The van der Waals surface area contributed by atoms with Gasteiger partial charge in [-0.1, -0.05) is 30.4 Å². The first-order chi connectivity index (χ1) is 13.4. The zero-order valence-electron chi connectivity index (χ0n) is 15.7. The van der Waals surface area contributed by atoms with Gasteiger partial charge in [0.25, 0.3) is 5.91 Å². The highest BCUT2D eigenvalue weighted by molar-refractivity contribution is 7.22. The lowest BCUT2D eigenvalue weighted by Gasteiger charge is -2.41. The van der Waals surface area contributed by atoms with E-state index < -0.39 is 24.3 Å². The maximum absolute atomic E-state index is 13.0. The second kappa shape index (κ2) is 6.86. The second-order valence-electron chi connectivity index (χ2n) is 6.76. The van der Waals surface area contributed by atoms with Crippen LogP contribution in [0.25, 0.3) is 10.2 Å². The molecule has 9 nitrogen and oxygen atoms in total. The quantitative estimate of drug-likeness (QED) is 0.840. The van der Waals surface area contributed by atoms with Gasteiger partial charge in [-0.05, 0) is 18.6 Å². The van der Waals surface area contributed by atoms with Crippen LogP contribution >= 0.6 is 11.3 Å². The van der Waals surface area contributed by atoms with Crippen molar-refractivity contribution >= 4 is 50.9 Å². The predicted molar refractivity (Wildman–Crippen MR) is 106 cm³/mol. The van der Waals surface area contributed by atoms with Crippen LogP contribution in [-0.4, -0.2) is 76.2 Å². The first kappa shape index (κ1) is 18.4. The third-order valence-electron chi connectivity index (χ3n) is 5.10. The molecule has 0 saturated carbocycles. The van der Waals surface area contributed by atoms with Gasteiger partial charge in [0, 0.05) is 14.1 Å². The molecule has 28 heavy (non-hydrogen) atoms. The Bertz CT molecular complexity index is 956. The normalized spacial score (nSPS) is 22.8. The molecular formula is C18H20N6O3S. The van der Waals surface area contributed by atoms with E-state index in [9.17, 15) is 14.4 Å². The lowest BCUT2D eigenvalue weighted by molar-refractivity contribution is -0.137. The zero-order valence-corrected chi connectivity index (χ0v) is 16.5. The topological polar surface area (TPSA) is 98.2 Å². The van der Waals surface area contributed by atoms with E-state index in [1.54, 1.807) is 11.9 Å². The molecular weight excluding hydrogens is 380 g/mol. The van der Waals surface area contributed by atoms with Gasteiger partial charge in [-0.2, -0.15) is 0 Å². The van der Waals surface area contributed by atoms with Crippen molar-refractivity contribution in [3.05, 3.63) is 24.3 Å². The molecule has 0 radical (unpaired) electrons. The molecule has 3 heterocycles. The summed E-state index contributed by atoms with van der Waals surface area (Å²) in [6.45, 7) is 1.87. The van der Waals surface area contributed by atoms with Gasteiger partial charge in [0.1, 0.15) is 6.04 Å². The van der Waals surface area contributed by atoms with E-state index in [2.05, 4.69) is 15.3 Å². The van der Waals surface area contributed by atoms with E-state index in [0.29, 0.717) is 11.6 Å². The van der Waals surface area contributed by atoms with E-state index in [1.165, 1.54) is 29.6 Å². The molecule has 0 bridgehead atoms. The molecule has 1 aromatic carbocycles. The summed E-state index contributed by atoms with van der Waals surface area (Å²) in [4.78, 5) is 50.7. The van der Waals surface area contributed by atoms with Gasteiger partial charge in [-0.3, -0.25) is 14.5 Å². The van der Waals surface area contributed by atoms with Gasteiger partial charge in [-0.25, -0.2) is 14.8 Å². The zero-order chi connectivity index (χ0) is 20.0. The number of nitrogens with one attached hydrogen (secondary N) is 1. The number of anilines is 1. The van der Waals surface area contributed by atoms with E-state index >= 15 is 0 Å². The largest absolute Gasteiger partial charge is 0.335 e. The summed E-state index contributed by atoms with van der Waals surface area (Å²) in [5.74, 6) is -0.625. The molecule has 2 aromatic rings. The average molecular weight is 400 g/mol. The Balaban J connectivity index is 1.56. The van der Waals surface area contributed by atoms with Crippen molar-refractivity contribution in [3.63, 3.8) is 0 Å². The van der Waals surface area contributed by atoms with Gasteiger partial charge < -0.3 is 15.1 Å². The van der Waals surface area contributed by atoms with Crippen molar-refractivity contribution in [1.29, 1.82) is 0 Å². The second-order valence-corrected chi connectivity index (χ2v) is 7.79. The fraction of sp³-hybridized carbons (Fsp3) is 0.389. The van der Waals surface area contributed by atoms with Gasteiger partial charge in [-0.15, -0.1) is 0 Å². The standard InChI is InChI=1S/C18H20N6O3S/c1-4-11(15(25)21-17-20-10-7-5-6-8-12(10)28-17)24-9-19-14-13(24)16(26)23(3)18(27)22(14)2/h5-9,11,13-14H,4H2,1-3H3,(H,20,21,25). The van der Waals surface area contributed by atoms with Crippen LogP contribution in [-0.2, 0) is 9.59 Å². The molecule has 1 fully saturated rings. The minimum absolute atomic E-state index is 0.260. The first-order valence-corrected chi connectivity index (χ1v) is 9.75. The van der Waals surface area contributed by atoms with Crippen LogP contribution in [0, 0.1) is 0 Å². The van der Waals surface area contributed by atoms with Crippen molar-refractivity contribution in [2.45, 2.75) is 31.6 Å². The van der Waals surface area contributed by atoms with E-state index in [0.717, 1.165) is 15.1 Å².